The third kappa shape index (κ3) is 3.75. The van der Waals surface area contributed by atoms with Gasteiger partial charge in [0.15, 0.2) is 0 Å². The van der Waals surface area contributed by atoms with Crippen LogP contribution in [0, 0.1) is 0 Å². The van der Waals surface area contributed by atoms with E-state index in [0.29, 0.717) is 24.7 Å². The summed E-state index contributed by atoms with van der Waals surface area (Å²) in [5, 5.41) is 7.17. The highest BCUT2D eigenvalue weighted by atomic mass is 16.5. The molecule has 0 spiro atoms. The first-order valence-electron chi connectivity index (χ1n) is 14.3. The van der Waals surface area contributed by atoms with Crippen LogP contribution in [0.15, 0.2) is 54.7 Å². The molecular weight excluding hydrogens is 472 g/mol. The van der Waals surface area contributed by atoms with E-state index in [-0.39, 0.29) is 5.54 Å². The maximum Gasteiger partial charge on any atom is 0.319 e. The van der Waals surface area contributed by atoms with E-state index >= 15 is 0 Å². The van der Waals surface area contributed by atoms with Gasteiger partial charge >= 0.3 is 6.01 Å². The summed E-state index contributed by atoms with van der Waals surface area (Å²) in [6.45, 7) is 4.98. The van der Waals surface area contributed by atoms with Crippen LogP contribution in [0.3, 0.4) is 0 Å². The van der Waals surface area contributed by atoms with Crippen LogP contribution in [0.4, 0.5) is 5.82 Å². The summed E-state index contributed by atoms with van der Waals surface area (Å²) in [4.78, 5) is 20.1. The summed E-state index contributed by atoms with van der Waals surface area (Å²) in [5.74, 6) is 0.965. The molecule has 8 rings (SSSR count). The fourth-order valence-corrected chi connectivity index (χ4v) is 7.52. The van der Waals surface area contributed by atoms with Crippen LogP contribution in [0.5, 0.6) is 6.01 Å². The Morgan fingerprint density at radius 3 is 2.55 bits per heavy atom. The van der Waals surface area contributed by atoms with Crippen molar-refractivity contribution in [3.8, 4) is 17.3 Å². The van der Waals surface area contributed by atoms with Gasteiger partial charge in [-0.1, -0.05) is 42.5 Å². The molecule has 0 aliphatic carbocycles. The molecule has 4 aliphatic heterocycles. The van der Waals surface area contributed by atoms with Crippen molar-refractivity contribution in [3.05, 3.63) is 54.7 Å². The van der Waals surface area contributed by atoms with Crippen LogP contribution in [-0.2, 0) is 0 Å². The maximum absolute atomic E-state index is 6.49. The second-order valence-electron chi connectivity index (χ2n) is 11.7. The summed E-state index contributed by atoms with van der Waals surface area (Å²) in [6.07, 6.45) is 9.38. The van der Waals surface area contributed by atoms with Gasteiger partial charge in [0.25, 0.3) is 0 Å². The lowest BCUT2D eigenvalue weighted by molar-refractivity contribution is 0.108. The lowest BCUT2D eigenvalue weighted by atomic mass is 9.95. The van der Waals surface area contributed by atoms with Gasteiger partial charge in [-0.3, -0.25) is 9.88 Å². The van der Waals surface area contributed by atoms with Crippen molar-refractivity contribution in [2.75, 3.05) is 37.7 Å². The van der Waals surface area contributed by atoms with Gasteiger partial charge in [0.2, 0.25) is 0 Å². The molecule has 7 heteroatoms. The topological polar surface area (TPSA) is 66.4 Å². The molecule has 7 nitrogen and oxygen atoms in total. The van der Waals surface area contributed by atoms with E-state index in [1.165, 1.54) is 62.4 Å². The number of rotatable bonds is 5. The first kappa shape index (κ1) is 22.7. The van der Waals surface area contributed by atoms with Crippen LogP contribution in [0.25, 0.3) is 32.9 Å². The predicted molar refractivity (Wildman–Crippen MR) is 151 cm³/mol. The minimum Gasteiger partial charge on any atom is -0.461 e. The Morgan fingerprint density at radius 1 is 0.921 bits per heavy atom. The van der Waals surface area contributed by atoms with E-state index in [2.05, 4.69) is 63.6 Å². The Hall–Kier alpha value is -3.29. The zero-order valence-electron chi connectivity index (χ0n) is 21.8. The van der Waals surface area contributed by atoms with Crippen molar-refractivity contribution in [3.63, 3.8) is 0 Å². The molecule has 2 atom stereocenters. The molecule has 4 fully saturated rings. The fourth-order valence-electron chi connectivity index (χ4n) is 7.52. The third-order valence-corrected chi connectivity index (χ3v) is 9.40. The lowest BCUT2D eigenvalue weighted by Gasteiger charge is -2.34. The predicted octanol–water partition coefficient (Wildman–Crippen LogP) is 4.79. The molecule has 38 heavy (non-hydrogen) atoms. The number of fused-ring (bicyclic) bond motifs is 5. The van der Waals surface area contributed by atoms with Gasteiger partial charge in [0, 0.05) is 36.9 Å². The van der Waals surface area contributed by atoms with Crippen LogP contribution >= 0.6 is 0 Å². The van der Waals surface area contributed by atoms with Gasteiger partial charge in [0.1, 0.15) is 12.4 Å². The molecule has 4 aliphatic rings. The summed E-state index contributed by atoms with van der Waals surface area (Å²) >= 11 is 0. The normalized spacial score (nSPS) is 24.4. The van der Waals surface area contributed by atoms with Gasteiger partial charge in [-0.2, -0.15) is 9.97 Å². The van der Waals surface area contributed by atoms with E-state index < -0.39 is 0 Å². The molecule has 0 radical (unpaired) electrons. The SMILES string of the molecule is c1ccc2c(-c3cc4nc(OCC56CCCN5CCC6)nc(N5CC6CCC(C5)N6)c4cn3)cccc2c1. The van der Waals surface area contributed by atoms with Crippen LogP contribution in [0.1, 0.15) is 38.5 Å². The molecule has 2 bridgehead atoms. The Morgan fingerprint density at radius 2 is 1.71 bits per heavy atom. The molecule has 2 aromatic heterocycles. The van der Waals surface area contributed by atoms with Crippen LogP contribution in [0.2, 0.25) is 0 Å². The lowest BCUT2D eigenvalue weighted by Crippen LogP contribution is -2.51. The first-order valence-corrected chi connectivity index (χ1v) is 14.3. The smallest absolute Gasteiger partial charge is 0.319 e. The van der Waals surface area contributed by atoms with E-state index in [4.69, 9.17) is 19.7 Å². The monoisotopic (exact) mass is 506 g/mol. The number of ether oxygens (including phenoxy) is 1. The Kier molecular flexibility index (Phi) is 5.30. The Bertz CT molecular complexity index is 1490. The summed E-state index contributed by atoms with van der Waals surface area (Å²) in [7, 11) is 0. The molecule has 194 valence electrons. The highest BCUT2D eigenvalue weighted by molar-refractivity contribution is 5.98. The molecule has 2 aromatic carbocycles. The summed E-state index contributed by atoms with van der Waals surface area (Å²) in [6, 6.07) is 18.6. The van der Waals surface area contributed by atoms with E-state index in [1.54, 1.807) is 0 Å². The van der Waals surface area contributed by atoms with Gasteiger partial charge in [-0.25, -0.2) is 0 Å². The van der Waals surface area contributed by atoms with Crippen molar-refractivity contribution in [1.29, 1.82) is 0 Å². The van der Waals surface area contributed by atoms with Crippen molar-refractivity contribution in [1.82, 2.24) is 25.2 Å². The average Bonchev–Trinajstić information content (AvgIpc) is 3.64. The van der Waals surface area contributed by atoms with Crippen LogP contribution in [-0.4, -0.2) is 70.3 Å². The number of nitrogens with zero attached hydrogens (tertiary/aromatic N) is 5. The third-order valence-electron chi connectivity index (χ3n) is 9.40. The van der Waals surface area contributed by atoms with E-state index in [1.807, 2.05) is 6.20 Å². The molecule has 4 aromatic rings. The number of pyridine rings is 1. The van der Waals surface area contributed by atoms with Gasteiger partial charge < -0.3 is 15.0 Å². The zero-order chi connectivity index (χ0) is 25.1. The minimum atomic E-state index is 0.166. The number of benzene rings is 2. The van der Waals surface area contributed by atoms with Crippen molar-refractivity contribution < 1.29 is 4.74 Å². The molecule has 2 unspecified atom stereocenters. The quantitative estimate of drug-likeness (QED) is 0.417. The second-order valence-corrected chi connectivity index (χ2v) is 11.7. The van der Waals surface area contributed by atoms with Gasteiger partial charge in [-0.05, 0) is 68.5 Å². The number of hydrogen-bond acceptors (Lipinski definition) is 7. The second kappa shape index (κ2) is 8.89. The van der Waals surface area contributed by atoms with E-state index in [0.717, 1.165) is 41.1 Å². The first-order chi connectivity index (χ1) is 18.7. The number of nitrogens with one attached hydrogen (secondary N) is 1. The summed E-state index contributed by atoms with van der Waals surface area (Å²) in [5.41, 5.74) is 3.13. The number of aromatic nitrogens is 3. The Labute approximate surface area is 223 Å². The number of piperazine rings is 1. The Balaban J connectivity index is 1.21. The molecule has 6 heterocycles. The van der Waals surface area contributed by atoms with Gasteiger partial charge in [0.05, 0.1) is 22.1 Å². The molecule has 1 N–H and O–H groups in total. The average molecular weight is 507 g/mol. The number of anilines is 1. The maximum atomic E-state index is 6.49. The van der Waals surface area contributed by atoms with Crippen molar-refractivity contribution >= 4 is 27.5 Å². The molecule has 0 saturated carbocycles. The van der Waals surface area contributed by atoms with E-state index in [9.17, 15) is 0 Å². The number of hydrogen-bond donors (Lipinski definition) is 1. The molecule has 4 saturated heterocycles. The fraction of sp³-hybridized carbons (Fsp3) is 0.452. The molecular formula is C31H34N6O. The summed E-state index contributed by atoms with van der Waals surface area (Å²) < 4.78 is 6.49. The minimum absolute atomic E-state index is 0.166. The highest BCUT2D eigenvalue weighted by Gasteiger charge is 2.45. The van der Waals surface area contributed by atoms with Crippen molar-refractivity contribution in [2.24, 2.45) is 0 Å². The van der Waals surface area contributed by atoms with Gasteiger partial charge in [-0.15, -0.1) is 0 Å². The zero-order valence-corrected chi connectivity index (χ0v) is 21.8. The largest absolute Gasteiger partial charge is 0.461 e. The standard InChI is InChI=1S/C31H34N6O/c1-2-8-24-21(6-1)7-3-9-25(24)27-16-28-26(17-32-27)29(36-18-22-10-11-23(19-36)33-22)35-30(34-28)38-20-31-12-4-14-37(31)15-5-13-31/h1-3,6-9,16-17,22-23,33H,4-5,10-15,18-20H2. The highest BCUT2D eigenvalue weighted by Crippen LogP contribution is 2.39. The van der Waals surface area contributed by atoms with Crippen molar-refractivity contribution in [2.45, 2.75) is 56.1 Å². The molecule has 0 amide bonds. The van der Waals surface area contributed by atoms with Crippen LogP contribution < -0.4 is 15.0 Å².